The van der Waals surface area contributed by atoms with Crippen molar-refractivity contribution >= 4 is 5.69 Å². The number of hydrogen-bond acceptors (Lipinski definition) is 3. The van der Waals surface area contributed by atoms with E-state index in [0.29, 0.717) is 0 Å². The van der Waals surface area contributed by atoms with Crippen LogP contribution in [0.5, 0.6) is 0 Å². The van der Waals surface area contributed by atoms with Crippen LogP contribution >= 0.6 is 0 Å². The molecule has 4 nitrogen and oxygen atoms in total. The van der Waals surface area contributed by atoms with Crippen molar-refractivity contribution in [1.82, 2.24) is 5.32 Å². The Hall–Kier alpha value is -1.42. The molecule has 1 unspecified atom stereocenters. The van der Waals surface area contributed by atoms with Crippen LogP contribution < -0.4 is 5.32 Å². The Morgan fingerprint density at radius 2 is 2.33 bits per heavy atom. The first-order valence-corrected chi connectivity index (χ1v) is 5.17. The van der Waals surface area contributed by atoms with Gasteiger partial charge >= 0.3 is 0 Å². The van der Waals surface area contributed by atoms with Crippen LogP contribution in [0.1, 0.15) is 30.0 Å². The van der Waals surface area contributed by atoms with Crippen LogP contribution in [-0.2, 0) is 0 Å². The molecule has 0 amide bonds. The summed E-state index contributed by atoms with van der Waals surface area (Å²) in [6.07, 6.45) is 2.08. The molecule has 1 N–H and O–H groups in total. The number of nitrogens with one attached hydrogen (secondary N) is 1. The molecule has 0 aromatic heterocycles. The molecule has 1 fully saturated rings. The van der Waals surface area contributed by atoms with Gasteiger partial charge < -0.3 is 5.32 Å². The van der Waals surface area contributed by atoms with Gasteiger partial charge in [0.05, 0.1) is 4.92 Å². The van der Waals surface area contributed by atoms with Gasteiger partial charge in [0.2, 0.25) is 0 Å². The second-order valence-corrected chi connectivity index (χ2v) is 3.97. The Morgan fingerprint density at radius 1 is 1.53 bits per heavy atom. The molecule has 80 valence electrons. The van der Waals surface area contributed by atoms with E-state index in [9.17, 15) is 10.1 Å². The van der Waals surface area contributed by atoms with E-state index in [1.165, 1.54) is 0 Å². The quantitative estimate of drug-likeness (QED) is 0.596. The Morgan fingerprint density at radius 3 is 2.93 bits per heavy atom. The van der Waals surface area contributed by atoms with Gasteiger partial charge in [-0.1, -0.05) is 11.6 Å². The first kappa shape index (κ1) is 10.1. The third kappa shape index (κ3) is 1.99. The summed E-state index contributed by atoms with van der Waals surface area (Å²) in [4.78, 5) is 10.6. The second kappa shape index (κ2) is 3.98. The second-order valence-electron chi connectivity index (χ2n) is 3.97. The van der Waals surface area contributed by atoms with Crippen molar-refractivity contribution in [2.24, 2.45) is 0 Å². The highest BCUT2D eigenvalue weighted by Gasteiger charge is 2.24. The third-order valence-corrected chi connectivity index (χ3v) is 2.82. The summed E-state index contributed by atoms with van der Waals surface area (Å²) >= 11 is 0. The minimum atomic E-state index is -0.297. The zero-order valence-corrected chi connectivity index (χ0v) is 8.69. The molecule has 1 atom stereocenters. The van der Waals surface area contributed by atoms with E-state index >= 15 is 0 Å². The van der Waals surface area contributed by atoms with E-state index in [1.807, 2.05) is 13.0 Å². The lowest BCUT2D eigenvalue weighted by Crippen LogP contribution is -2.14. The summed E-state index contributed by atoms with van der Waals surface area (Å²) in [6.45, 7) is 2.91. The van der Waals surface area contributed by atoms with E-state index in [2.05, 4.69) is 5.32 Å². The molecule has 1 aliphatic heterocycles. The monoisotopic (exact) mass is 206 g/mol. The van der Waals surface area contributed by atoms with Crippen molar-refractivity contribution in [1.29, 1.82) is 0 Å². The van der Waals surface area contributed by atoms with Crippen molar-refractivity contribution in [2.75, 3.05) is 6.54 Å². The molecular weight excluding hydrogens is 192 g/mol. The summed E-state index contributed by atoms with van der Waals surface area (Å²) in [5.74, 6) is 0. The highest BCUT2D eigenvalue weighted by Crippen LogP contribution is 2.31. The molecule has 1 aromatic rings. The summed E-state index contributed by atoms with van der Waals surface area (Å²) in [5.41, 5.74) is 2.14. The van der Waals surface area contributed by atoms with Gasteiger partial charge in [0, 0.05) is 17.7 Å². The third-order valence-electron chi connectivity index (χ3n) is 2.82. The number of rotatable bonds is 2. The number of aryl methyl sites for hydroxylation is 1. The maximum Gasteiger partial charge on any atom is 0.274 e. The van der Waals surface area contributed by atoms with E-state index < -0.39 is 0 Å². The maximum atomic E-state index is 10.9. The number of benzene rings is 1. The molecule has 1 aliphatic rings. The van der Waals surface area contributed by atoms with Crippen LogP contribution in [0.2, 0.25) is 0 Å². The lowest BCUT2D eigenvalue weighted by Gasteiger charge is -2.11. The van der Waals surface area contributed by atoms with Crippen molar-refractivity contribution < 1.29 is 4.92 Å². The van der Waals surface area contributed by atoms with Gasteiger partial charge in [-0.3, -0.25) is 10.1 Å². The van der Waals surface area contributed by atoms with Gasteiger partial charge in [-0.05, 0) is 32.4 Å². The molecular formula is C11H14N2O2. The summed E-state index contributed by atoms with van der Waals surface area (Å²) in [5, 5.41) is 14.2. The fraction of sp³-hybridized carbons (Fsp3) is 0.455. The molecule has 2 rings (SSSR count). The van der Waals surface area contributed by atoms with E-state index in [0.717, 1.165) is 30.5 Å². The Bertz CT molecular complexity index is 384. The predicted molar refractivity (Wildman–Crippen MR) is 57.8 cm³/mol. The minimum Gasteiger partial charge on any atom is -0.310 e. The minimum absolute atomic E-state index is 0.158. The van der Waals surface area contributed by atoms with Crippen molar-refractivity contribution in [3.05, 3.63) is 39.4 Å². The molecule has 1 aromatic carbocycles. The topological polar surface area (TPSA) is 55.2 Å². The van der Waals surface area contributed by atoms with Crippen LogP contribution in [0.25, 0.3) is 0 Å². The molecule has 0 saturated carbocycles. The average Bonchev–Trinajstić information content (AvgIpc) is 2.69. The van der Waals surface area contributed by atoms with Crippen LogP contribution in [0.3, 0.4) is 0 Å². The average molecular weight is 206 g/mol. The first-order chi connectivity index (χ1) is 7.18. The van der Waals surface area contributed by atoms with Gasteiger partial charge in [-0.25, -0.2) is 0 Å². The standard InChI is InChI=1S/C11H14N2O2/c1-8-4-5-11(13(14)15)9(7-8)10-3-2-6-12-10/h4-5,7,10,12H,2-3,6H2,1H3. The molecule has 0 radical (unpaired) electrons. The van der Waals surface area contributed by atoms with E-state index in [-0.39, 0.29) is 16.7 Å². The zero-order valence-electron chi connectivity index (χ0n) is 8.69. The summed E-state index contributed by atoms with van der Waals surface area (Å²) in [7, 11) is 0. The number of nitro groups is 1. The zero-order chi connectivity index (χ0) is 10.8. The van der Waals surface area contributed by atoms with Crippen molar-refractivity contribution in [3.63, 3.8) is 0 Å². The normalized spacial score (nSPS) is 20.5. The van der Waals surface area contributed by atoms with E-state index in [4.69, 9.17) is 0 Å². The van der Waals surface area contributed by atoms with Crippen molar-refractivity contribution in [2.45, 2.75) is 25.8 Å². The van der Waals surface area contributed by atoms with Gasteiger partial charge in [0.25, 0.3) is 5.69 Å². The highest BCUT2D eigenvalue weighted by molar-refractivity contribution is 5.44. The SMILES string of the molecule is Cc1ccc([N+](=O)[O-])c(C2CCCN2)c1. The Balaban J connectivity index is 2.41. The van der Waals surface area contributed by atoms with E-state index in [1.54, 1.807) is 12.1 Å². The molecule has 1 saturated heterocycles. The van der Waals surface area contributed by atoms with Crippen molar-refractivity contribution in [3.8, 4) is 0 Å². The molecule has 4 heteroatoms. The molecule has 0 spiro atoms. The van der Waals surface area contributed by atoms with Crippen LogP contribution in [-0.4, -0.2) is 11.5 Å². The number of hydrogen-bond donors (Lipinski definition) is 1. The smallest absolute Gasteiger partial charge is 0.274 e. The molecule has 0 aliphatic carbocycles. The predicted octanol–water partition coefficient (Wildman–Crippen LogP) is 2.33. The molecule has 15 heavy (non-hydrogen) atoms. The molecule has 0 bridgehead atoms. The fourth-order valence-corrected chi connectivity index (χ4v) is 2.07. The summed E-state index contributed by atoms with van der Waals surface area (Å²) < 4.78 is 0. The number of nitro benzene ring substituents is 1. The highest BCUT2D eigenvalue weighted by atomic mass is 16.6. The summed E-state index contributed by atoms with van der Waals surface area (Å²) in [6, 6.07) is 5.47. The lowest BCUT2D eigenvalue weighted by atomic mass is 10.0. The first-order valence-electron chi connectivity index (χ1n) is 5.17. The largest absolute Gasteiger partial charge is 0.310 e. The lowest BCUT2D eigenvalue weighted by molar-refractivity contribution is -0.385. The molecule has 1 heterocycles. The maximum absolute atomic E-state index is 10.9. The van der Waals surface area contributed by atoms with Gasteiger partial charge in [0.15, 0.2) is 0 Å². The van der Waals surface area contributed by atoms with Crippen LogP contribution in [0.4, 0.5) is 5.69 Å². The Labute approximate surface area is 88.5 Å². The van der Waals surface area contributed by atoms with Crippen LogP contribution in [0.15, 0.2) is 18.2 Å². The number of nitrogens with zero attached hydrogens (tertiary/aromatic N) is 1. The Kier molecular flexibility index (Phi) is 2.68. The van der Waals surface area contributed by atoms with Gasteiger partial charge in [-0.15, -0.1) is 0 Å². The van der Waals surface area contributed by atoms with Gasteiger partial charge in [0.1, 0.15) is 0 Å². The van der Waals surface area contributed by atoms with Gasteiger partial charge in [-0.2, -0.15) is 0 Å². The fourth-order valence-electron chi connectivity index (χ4n) is 2.07. The van der Waals surface area contributed by atoms with Crippen LogP contribution in [0, 0.1) is 17.0 Å².